The van der Waals surface area contributed by atoms with Gasteiger partial charge < -0.3 is 0 Å². The Balaban J connectivity index is 1.96. The van der Waals surface area contributed by atoms with Gasteiger partial charge in [0.2, 0.25) is 0 Å². The topological polar surface area (TPSA) is 0 Å². The molecule has 3 saturated carbocycles. The molecule has 0 saturated heterocycles. The van der Waals surface area contributed by atoms with E-state index in [-0.39, 0.29) is 0 Å². The lowest BCUT2D eigenvalue weighted by molar-refractivity contribution is -0.0939. The Kier molecular flexibility index (Phi) is 3.53. The number of allylic oxidation sites excluding steroid dienone is 1. The molecular weight excluding hydrogens is 280 g/mol. The van der Waals surface area contributed by atoms with E-state index in [2.05, 4.69) is 71.6 Å². The summed E-state index contributed by atoms with van der Waals surface area (Å²) in [4.78, 5) is 0. The first kappa shape index (κ1) is 16.0. The maximum absolute atomic E-state index is 4.07. The molecule has 3 aliphatic carbocycles. The van der Waals surface area contributed by atoms with Crippen molar-refractivity contribution in [2.24, 2.45) is 17.3 Å². The van der Waals surface area contributed by atoms with Crippen LogP contribution in [0.3, 0.4) is 0 Å². The van der Waals surface area contributed by atoms with Gasteiger partial charge in [-0.05, 0) is 54.0 Å². The number of hydrogen-bond acceptors (Lipinski definition) is 0. The molecule has 0 heterocycles. The summed E-state index contributed by atoms with van der Waals surface area (Å²) < 4.78 is 0. The van der Waals surface area contributed by atoms with Crippen molar-refractivity contribution in [1.29, 1.82) is 0 Å². The smallest absolute Gasteiger partial charge is 0.0867 e. The van der Waals surface area contributed by atoms with Crippen LogP contribution < -0.4 is 5.19 Å². The van der Waals surface area contributed by atoms with E-state index >= 15 is 0 Å². The molecule has 0 radical (unpaired) electrons. The van der Waals surface area contributed by atoms with Gasteiger partial charge in [-0.15, -0.1) is 0 Å². The highest BCUT2D eigenvalue weighted by Crippen LogP contribution is 2.71. The molecular formula is C21H32Si. The van der Waals surface area contributed by atoms with Crippen LogP contribution in [0.2, 0.25) is 18.1 Å². The predicted molar refractivity (Wildman–Crippen MR) is 101 cm³/mol. The second-order valence-electron chi connectivity index (χ2n) is 9.25. The Labute approximate surface area is 138 Å². The fourth-order valence-corrected chi connectivity index (χ4v) is 9.27. The molecule has 0 aromatic heterocycles. The zero-order chi connectivity index (χ0) is 16.3. The van der Waals surface area contributed by atoms with Gasteiger partial charge in [-0.2, -0.15) is 0 Å². The zero-order valence-electron chi connectivity index (χ0n) is 15.3. The first-order valence-corrected chi connectivity index (χ1v) is 11.9. The molecule has 3 unspecified atom stereocenters. The molecule has 0 aliphatic heterocycles. The minimum atomic E-state index is -1.50. The molecule has 0 amide bonds. The van der Waals surface area contributed by atoms with E-state index in [1.54, 1.807) is 5.19 Å². The van der Waals surface area contributed by atoms with Crippen molar-refractivity contribution in [3.63, 3.8) is 0 Å². The summed E-state index contributed by atoms with van der Waals surface area (Å²) in [5.41, 5.74) is 3.01. The van der Waals surface area contributed by atoms with Gasteiger partial charge in [-0.1, -0.05) is 75.5 Å². The second kappa shape index (κ2) is 4.83. The van der Waals surface area contributed by atoms with Crippen LogP contribution in [0.25, 0.3) is 5.57 Å². The molecule has 0 spiro atoms. The maximum atomic E-state index is 4.07. The van der Waals surface area contributed by atoms with E-state index in [0.29, 0.717) is 10.5 Å². The normalized spacial score (nSPS) is 33.2. The third-order valence-electron chi connectivity index (χ3n) is 7.78. The Morgan fingerprint density at radius 3 is 2.18 bits per heavy atom. The van der Waals surface area contributed by atoms with Crippen LogP contribution in [0.15, 0.2) is 30.8 Å². The molecule has 1 heteroatoms. The molecule has 1 aromatic rings. The molecule has 120 valence electrons. The summed E-state index contributed by atoms with van der Waals surface area (Å²) >= 11 is 0. The van der Waals surface area contributed by atoms with Crippen molar-refractivity contribution in [2.75, 3.05) is 0 Å². The summed E-state index contributed by atoms with van der Waals surface area (Å²) in [6.45, 7) is 19.1. The molecule has 2 bridgehead atoms. The quantitative estimate of drug-likeness (QED) is 0.614. The third kappa shape index (κ3) is 2.01. The number of benzene rings is 1. The van der Waals surface area contributed by atoms with Crippen LogP contribution in [-0.4, -0.2) is 8.07 Å². The van der Waals surface area contributed by atoms with Gasteiger partial charge in [0.15, 0.2) is 0 Å². The molecule has 3 fully saturated rings. The van der Waals surface area contributed by atoms with Gasteiger partial charge >= 0.3 is 0 Å². The van der Waals surface area contributed by atoms with E-state index in [9.17, 15) is 0 Å². The minimum absolute atomic E-state index is 0.538. The molecule has 1 aromatic carbocycles. The Morgan fingerprint density at radius 1 is 1.14 bits per heavy atom. The Morgan fingerprint density at radius 2 is 1.73 bits per heavy atom. The van der Waals surface area contributed by atoms with Gasteiger partial charge in [0.05, 0.1) is 8.07 Å². The molecule has 4 rings (SSSR count). The van der Waals surface area contributed by atoms with Gasteiger partial charge in [0.25, 0.3) is 0 Å². The van der Waals surface area contributed by atoms with Crippen LogP contribution >= 0.6 is 0 Å². The summed E-state index contributed by atoms with van der Waals surface area (Å²) in [5, 5.41) is 2.16. The molecule has 3 atom stereocenters. The number of fused-ring (bicyclic) bond motifs is 2. The zero-order valence-corrected chi connectivity index (χ0v) is 16.3. The SMILES string of the molecule is C=C(C)c1ccc([Si](C)(C)C2(C)CCC3CC2C3(C)C)cc1. The first-order valence-electron chi connectivity index (χ1n) is 8.87. The monoisotopic (exact) mass is 312 g/mol. The van der Waals surface area contributed by atoms with Crippen LogP contribution in [0.5, 0.6) is 0 Å². The molecule has 22 heavy (non-hydrogen) atoms. The maximum Gasteiger partial charge on any atom is 0.0867 e. The van der Waals surface area contributed by atoms with E-state index in [1.807, 2.05) is 0 Å². The largest absolute Gasteiger partial charge is 0.0955 e. The number of rotatable bonds is 3. The van der Waals surface area contributed by atoms with Crippen LogP contribution in [0.4, 0.5) is 0 Å². The molecule has 0 N–H and O–H groups in total. The van der Waals surface area contributed by atoms with E-state index in [1.165, 1.54) is 24.8 Å². The van der Waals surface area contributed by atoms with Crippen molar-refractivity contribution in [3.05, 3.63) is 36.4 Å². The molecule has 3 aliphatic rings. The highest BCUT2D eigenvalue weighted by atomic mass is 28.3. The minimum Gasteiger partial charge on any atom is -0.0955 e. The lowest BCUT2D eigenvalue weighted by Crippen LogP contribution is -2.64. The fraction of sp³-hybridized carbons (Fsp3) is 0.619. The van der Waals surface area contributed by atoms with Crippen LogP contribution in [-0.2, 0) is 0 Å². The summed E-state index contributed by atoms with van der Waals surface area (Å²) in [5.74, 6) is 1.90. The van der Waals surface area contributed by atoms with Gasteiger partial charge in [-0.3, -0.25) is 0 Å². The van der Waals surface area contributed by atoms with E-state index in [0.717, 1.165) is 17.4 Å². The van der Waals surface area contributed by atoms with Crippen molar-refractivity contribution in [1.82, 2.24) is 0 Å². The van der Waals surface area contributed by atoms with Crippen molar-refractivity contribution < 1.29 is 0 Å². The van der Waals surface area contributed by atoms with Crippen molar-refractivity contribution >= 4 is 18.8 Å². The number of hydrogen-bond donors (Lipinski definition) is 0. The Hall–Kier alpha value is -0.823. The lowest BCUT2D eigenvalue weighted by atomic mass is 9.45. The van der Waals surface area contributed by atoms with Gasteiger partial charge in [0.1, 0.15) is 0 Å². The van der Waals surface area contributed by atoms with E-state index in [4.69, 9.17) is 0 Å². The van der Waals surface area contributed by atoms with Gasteiger partial charge in [0, 0.05) is 0 Å². The Bertz CT molecular complexity index is 591. The average molecular weight is 313 g/mol. The van der Waals surface area contributed by atoms with E-state index < -0.39 is 8.07 Å². The summed E-state index contributed by atoms with van der Waals surface area (Å²) in [6.07, 6.45) is 4.36. The third-order valence-corrected chi connectivity index (χ3v) is 13.0. The fourth-order valence-electron chi connectivity index (χ4n) is 5.48. The highest BCUT2D eigenvalue weighted by molar-refractivity contribution is 6.92. The summed E-state index contributed by atoms with van der Waals surface area (Å²) in [6, 6.07) is 9.37. The van der Waals surface area contributed by atoms with Crippen molar-refractivity contribution in [2.45, 2.75) is 65.1 Å². The summed E-state index contributed by atoms with van der Waals surface area (Å²) in [7, 11) is -1.50. The second-order valence-corrected chi connectivity index (χ2v) is 14.2. The average Bonchev–Trinajstić information content (AvgIpc) is 2.46. The van der Waals surface area contributed by atoms with Crippen LogP contribution in [0.1, 0.15) is 52.5 Å². The van der Waals surface area contributed by atoms with Crippen molar-refractivity contribution in [3.8, 4) is 0 Å². The molecule has 0 nitrogen and oxygen atoms in total. The standard InChI is InChI=1S/C21H32Si/c1-15(2)16-8-10-18(11-9-16)22(6,7)21(5)13-12-17-14-19(21)20(17,3)4/h8-11,17,19H,1,12-14H2,2-7H3. The lowest BCUT2D eigenvalue weighted by Gasteiger charge is -2.68. The highest BCUT2D eigenvalue weighted by Gasteiger charge is 2.63. The first-order chi connectivity index (χ1) is 10.1. The predicted octanol–water partition coefficient (Wildman–Crippen LogP) is 5.85. The van der Waals surface area contributed by atoms with Crippen LogP contribution in [0, 0.1) is 17.3 Å². The van der Waals surface area contributed by atoms with Gasteiger partial charge in [-0.25, -0.2) is 0 Å².